The number of benzene rings is 1. The van der Waals surface area contributed by atoms with E-state index in [1.54, 1.807) is 0 Å². The Morgan fingerprint density at radius 2 is 1.70 bits per heavy atom. The number of nitrogens with zero attached hydrogens (tertiary/aromatic N) is 3. The van der Waals surface area contributed by atoms with Gasteiger partial charge in [0.1, 0.15) is 0 Å². The van der Waals surface area contributed by atoms with Gasteiger partial charge in [-0.25, -0.2) is 8.42 Å². The third-order valence-electron chi connectivity index (χ3n) is 5.89. The average Bonchev–Trinajstić information content (AvgIpc) is 3.42. The Bertz CT molecular complexity index is 921. The van der Waals surface area contributed by atoms with Crippen LogP contribution >= 0.6 is 11.6 Å². The molecule has 0 radical (unpaired) electrons. The first-order chi connectivity index (χ1) is 14.3. The average molecular weight is 455 g/mol. The third-order valence-corrected chi connectivity index (χ3v) is 8.12. The Morgan fingerprint density at radius 1 is 1.03 bits per heavy atom. The summed E-state index contributed by atoms with van der Waals surface area (Å²) < 4.78 is 27.0. The summed E-state index contributed by atoms with van der Waals surface area (Å²) in [7, 11) is -3.58. The Morgan fingerprint density at radius 3 is 2.33 bits per heavy atom. The van der Waals surface area contributed by atoms with Crippen LogP contribution in [0.25, 0.3) is 0 Å². The van der Waals surface area contributed by atoms with E-state index in [0.717, 1.165) is 25.7 Å². The molecule has 2 heterocycles. The zero-order chi connectivity index (χ0) is 21.3. The number of amides is 2. The van der Waals surface area contributed by atoms with E-state index in [1.807, 2.05) is 9.80 Å². The van der Waals surface area contributed by atoms with Crippen molar-refractivity contribution >= 4 is 39.1 Å². The number of hydrogen-bond donors (Lipinski definition) is 1. The number of anilines is 1. The highest BCUT2D eigenvalue weighted by molar-refractivity contribution is 7.89. The van der Waals surface area contributed by atoms with Crippen molar-refractivity contribution in [2.24, 2.45) is 5.92 Å². The minimum absolute atomic E-state index is 0.135. The molecule has 1 aromatic carbocycles. The Kier molecular flexibility index (Phi) is 6.34. The summed E-state index contributed by atoms with van der Waals surface area (Å²) in [5.74, 6) is 0.197. The fourth-order valence-corrected chi connectivity index (χ4v) is 5.65. The van der Waals surface area contributed by atoms with Crippen molar-refractivity contribution in [1.82, 2.24) is 14.1 Å². The van der Waals surface area contributed by atoms with Gasteiger partial charge in [0.15, 0.2) is 0 Å². The highest BCUT2D eigenvalue weighted by Gasteiger charge is 2.34. The van der Waals surface area contributed by atoms with Gasteiger partial charge in [-0.1, -0.05) is 11.6 Å². The van der Waals surface area contributed by atoms with Gasteiger partial charge < -0.3 is 10.2 Å². The van der Waals surface area contributed by atoms with Gasteiger partial charge in [-0.05, 0) is 43.9 Å². The highest BCUT2D eigenvalue weighted by Crippen LogP contribution is 2.31. The van der Waals surface area contributed by atoms with Crippen LogP contribution < -0.4 is 5.32 Å². The minimum atomic E-state index is -3.58. The summed E-state index contributed by atoms with van der Waals surface area (Å²) in [4.78, 5) is 28.7. The zero-order valence-corrected chi connectivity index (χ0v) is 18.4. The molecule has 1 N–H and O–H groups in total. The van der Waals surface area contributed by atoms with Crippen LogP contribution in [0.1, 0.15) is 25.7 Å². The lowest BCUT2D eigenvalue weighted by Crippen LogP contribution is -2.50. The zero-order valence-electron chi connectivity index (χ0n) is 16.8. The SMILES string of the molecule is O=C(CN1CCN(C(=O)C2CC2)CC1)Nc1cc(S(=O)(=O)N2CCCC2)ccc1Cl. The van der Waals surface area contributed by atoms with Crippen molar-refractivity contribution in [2.75, 3.05) is 51.1 Å². The fraction of sp³-hybridized carbons (Fsp3) is 0.600. The van der Waals surface area contributed by atoms with Crippen LogP contribution in [0.5, 0.6) is 0 Å². The summed E-state index contributed by atoms with van der Waals surface area (Å²) in [5.41, 5.74) is 0.296. The quantitative estimate of drug-likeness (QED) is 0.705. The Hall–Kier alpha value is -1.68. The number of hydrogen-bond acceptors (Lipinski definition) is 5. The van der Waals surface area contributed by atoms with Crippen LogP contribution in [-0.4, -0.2) is 80.2 Å². The van der Waals surface area contributed by atoms with Gasteiger partial charge in [0, 0.05) is 45.2 Å². The number of sulfonamides is 1. The molecule has 1 aromatic rings. The molecule has 2 aliphatic heterocycles. The van der Waals surface area contributed by atoms with Gasteiger partial charge in [-0.2, -0.15) is 4.31 Å². The van der Waals surface area contributed by atoms with E-state index in [9.17, 15) is 18.0 Å². The highest BCUT2D eigenvalue weighted by atomic mass is 35.5. The standard InChI is InChI=1S/C20H27ClN4O4S/c21-17-6-5-16(30(28,29)25-7-1-2-8-25)13-18(17)22-19(26)14-23-9-11-24(12-10-23)20(27)15-3-4-15/h5-6,13,15H,1-4,7-12,14H2,(H,22,26). The lowest BCUT2D eigenvalue weighted by molar-refractivity contribution is -0.134. The largest absolute Gasteiger partial charge is 0.340 e. The molecule has 0 aromatic heterocycles. The van der Waals surface area contributed by atoms with Crippen LogP contribution in [0.4, 0.5) is 5.69 Å². The van der Waals surface area contributed by atoms with Crippen LogP contribution in [0.15, 0.2) is 23.1 Å². The molecule has 0 atom stereocenters. The van der Waals surface area contributed by atoms with Crippen molar-refractivity contribution in [1.29, 1.82) is 0 Å². The van der Waals surface area contributed by atoms with E-state index >= 15 is 0 Å². The molecule has 0 bridgehead atoms. The maximum Gasteiger partial charge on any atom is 0.243 e. The first-order valence-electron chi connectivity index (χ1n) is 10.5. The van der Waals surface area contributed by atoms with Crippen LogP contribution in [0.2, 0.25) is 5.02 Å². The van der Waals surface area contributed by atoms with Gasteiger partial charge >= 0.3 is 0 Å². The molecule has 2 amide bonds. The molecule has 30 heavy (non-hydrogen) atoms. The van der Waals surface area contributed by atoms with E-state index in [1.165, 1.54) is 22.5 Å². The molecule has 10 heteroatoms. The van der Waals surface area contributed by atoms with E-state index in [2.05, 4.69) is 5.32 Å². The van der Waals surface area contributed by atoms with Crippen molar-refractivity contribution in [3.8, 4) is 0 Å². The second kappa shape index (κ2) is 8.82. The number of nitrogens with one attached hydrogen (secondary N) is 1. The van der Waals surface area contributed by atoms with E-state index in [4.69, 9.17) is 11.6 Å². The van der Waals surface area contributed by atoms with Crippen molar-refractivity contribution in [2.45, 2.75) is 30.6 Å². The van der Waals surface area contributed by atoms with E-state index in [0.29, 0.717) is 50.0 Å². The molecule has 0 unspecified atom stereocenters. The fourth-order valence-electron chi connectivity index (χ4n) is 3.95. The number of piperazine rings is 1. The predicted molar refractivity (Wildman–Crippen MR) is 114 cm³/mol. The Balaban J connectivity index is 1.34. The maximum atomic E-state index is 12.8. The first-order valence-corrected chi connectivity index (χ1v) is 12.3. The molecule has 1 aliphatic carbocycles. The van der Waals surface area contributed by atoms with Crippen molar-refractivity contribution in [3.63, 3.8) is 0 Å². The Labute approximate surface area is 182 Å². The van der Waals surface area contributed by atoms with E-state index < -0.39 is 10.0 Å². The van der Waals surface area contributed by atoms with Crippen molar-refractivity contribution in [3.05, 3.63) is 23.2 Å². The molecule has 3 aliphatic rings. The summed E-state index contributed by atoms with van der Waals surface area (Å²) in [6.07, 6.45) is 3.70. The molecule has 3 fully saturated rings. The molecule has 1 saturated carbocycles. The van der Waals surface area contributed by atoms with E-state index in [-0.39, 0.29) is 29.2 Å². The maximum absolute atomic E-state index is 12.8. The molecular formula is C20H27ClN4O4S. The predicted octanol–water partition coefficient (Wildman–Crippen LogP) is 1.62. The monoisotopic (exact) mass is 454 g/mol. The topological polar surface area (TPSA) is 90.0 Å². The second-order valence-electron chi connectivity index (χ2n) is 8.18. The smallest absolute Gasteiger partial charge is 0.243 e. The number of carbonyl (C=O) groups is 2. The normalized spacial score (nSPS) is 21.0. The van der Waals surface area contributed by atoms with Gasteiger partial charge in [-0.3, -0.25) is 14.5 Å². The molecular weight excluding hydrogens is 428 g/mol. The van der Waals surface area contributed by atoms with Crippen molar-refractivity contribution < 1.29 is 18.0 Å². The molecule has 164 valence electrons. The molecule has 4 rings (SSSR count). The minimum Gasteiger partial charge on any atom is -0.340 e. The summed E-state index contributed by atoms with van der Waals surface area (Å²) in [6, 6.07) is 4.41. The lowest BCUT2D eigenvalue weighted by Gasteiger charge is -2.34. The number of rotatable bonds is 6. The second-order valence-corrected chi connectivity index (χ2v) is 10.5. The van der Waals surface area contributed by atoms with Gasteiger partial charge in [-0.15, -0.1) is 0 Å². The van der Waals surface area contributed by atoms with Crippen LogP contribution in [0.3, 0.4) is 0 Å². The summed E-state index contributed by atoms with van der Waals surface area (Å²) >= 11 is 6.20. The lowest BCUT2D eigenvalue weighted by atomic mass is 10.2. The van der Waals surface area contributed by atoms with Gasteiger partial charge in [0.05, 0.1) is 22.2 Å². The number of carbonyl (C=O) groups excluding carboxylic acids is 2. The molecule has 2 saturated heterocycles. The number of halogens is 1. The third kappa shape index (κ3) is 4.80. The molecule has 0 spiro atoms. The van der Waals surface area contributed by atoms with Gasteiger partial charge in [0.2, 0.25) is 21.8 Å². The first kappa shape index (κ1) is 21.5. The molecule has 8 nitrogen and oxygen atoms in total. The van der Waals surface area contributed by atoms with Gasteiger partial charge in [0.25, 0.3) is 0 Å². The summed E-state index contributed by atoms with van der Waals surface area (Å²) in [6.45, 7) is 3.75. The van der Waals surface area contributed by atoms with Crippen LogP contribution in [-0.2, 0) is 19.6 Å². The van der Waals surface area contributed by atoms with Crippen LogP contribution in [0, 0.1) is 5.92 Å². The summed E-state index contributed by atoms with van der Waals surface area (Å²) in [5, 5.41) is 3.04.